The molecule has 22 heavy (non-hydrogen) atoms. The molecule has 2 aromatic heterocycles. The molecule has 0 aliphatic rings. The Balaban J connectivity index is 1.73. The number of aromatic amines is 1. The summed E-state index contributed by atoms with van der Waals surface area (Å²) in [6.07, 6.45) is 0. The van der Waals surface area contributed by atoms with E-state index in [2.05, 4.69) is 35.2 Å². The van der Waals surface area contributed by atoms with Gasteiger partial charge in [-0.25, -0.2) is 4.98 Å². The maximum Gasteiger partial charge on any atom is 0.271 e. The number of nitrogens with two attached hydrogens (primary N) is 1. The highest BCUT2D eigenvalue weighted by Gasteiger charge is 2.10. The Morgan fingerprint density at radius 2 is 2.23 bits per heavy atom. The van der Waals surface area contributed by atoms with Crippen LogP contribution in [0.25, 0.3) is 10.9 Å². The summed E-state index contributed by atoms with van der Waals surface area (Å²) >= 11 is 1.41. The number of aromatic nitrogens is 2. The number of aryl methyl sites for hydroxylation is 2. The summed E-state index contributed by atoms with van der Waals surface area (Å²) < 4.78 is 0. The molecule has 0 aliphatic heterocycles. The van der Waals surface area contributed by atoms with Gasteiger partial charge in [-0.15, -0.1) is 11.3 Å². The number of hydrogen-bond acceptors (Lipinski definition) is 4. The van der Waals surface area contributed by atoms with Crippen molar-refractivity contribution in [2.75, 3.05) is 0 Å². The van der Waals surface area contributed by atoms with E-state index in [9.17, 15) is 4.79 Å². The zero-order valence-corrected chi connectivity index (χ0v) is 13.4. The normalized spacial score (nSPS) is 11.0. The first kappa shape index (κ1) is 14.7. The second-order valence-corrected chi connectivity index (χ2v) is 6.21. The van der Waals surface area contributed by atoms with Crippen molar-refractivity contribution in [3.05, 3.63) is 51.1 Å². The van der Waals surface area contributed by atoms with Crippen LogP contribution in [0, 0.1) is 13.8 Å². The fourth-order valence-corrected chi connectivity index (χ4v) is 3.05. The van der Waals surface area contributed by atoms with Gasteiger partial charge in [0.05, 0.1) is 0 Å². The molecule has 0 fully saturated rings. The molecule has 0 atom stereocenters. The summed E-state index contributed by atoms with van der Waals surface area (Å²) in [6, 6.07) is 6.18. The minimum absolute atomic E-state index is 0.169. The predicted octanol–water partition coefficient (Wildman–Crippen LogP) is 2.63. The first-order chi connectivity index (χ1) is 10.6. The lowest BCUT2D eigenvalue weighted by Crippen LogP contribution is -2.23. The lowest BCUT2D eigenvalue weighted by Gasteiger charge is -2.04. The van der Waals surface area contributed by atoms with Crippen molar-refractivity contribution in [3.63, 3.8) is 0 Å². The first-order valence-electron chi connectivity index (χ1n) is 7.09. The number of benzene rings is 1. The van der Waals surface area contributed by atoms with E-state index in [0.29, 0.717) is 18.8 Å². The van der Waals surface area contributed by atoms with Gasteiger partial charge in [0.1, 0.15) is 10.7 Å². The smallest absolute Gasteiger partial charge is 0.271 e. The number of carbonyl (C=O) groups excluding carboxylic acids is 1. The Morgan fingerprint density at radius 1 is 1.41 bits per heavy atom. The minimum Gasteiger partial charge on any atom is -0.358 e. The standard InChI is InChI=1S/C16H18N4OS/c1-9-10(2)19-13-4-3-11(5-12(9)13)7-18-16(21)14-8-22-15(6-17)20-14/h3-5,8,19H,6-7,17H2,1-2H3,(H,18,21). The van der Waals surface area contributed by atoms with Crippen molar-refractivity contribution >= 4 is 28.1 Å². The van der Waals surface area contributed by atoms with Gasteiger partial charge in [-0.2, -0.15) is 0 Å². The molecule has 0 aliphatic carbocycles. The van der Waals surface area contributed by atoms with Crippen molar-refractivity contribution in [1.82, 2.24) is 15.3 Å². The molecule has 0 radical (unpaired) electrons. The van der Waals surface area contributed by atoms with E-state index in [0.717, 1.165) is 16.1 Å². The van der Waals surface area contributed by atoms with E-state index in [1.54, 1.807) is 5.38 Å². The first-order valence-corrected chi connectivity index (χ1v) is 7.97. The Hall–Kier alpha value is -2.18. The van der Waals surface area contributed by atoms with Gasteiger partial charge in [-0.1, -0.05) is 6.07 Å². The third kappa shape index (κ3) is 2.75. The third-order valence-corrected chi connectivity index (χ3v) is 4.66. The quantitative estimate of drug-likeness (QED) is 0.692. The lowest BCUT2D eigenvalue weighted by molar-refractivity contribution is 0.0946. The van der Waals surface area contributed by atoms with Crippen LogP contribution in [0.5, 0.6) is 0 Å². The third-order valence-electron chi connectivity index (χ3n) is 3.78. The van der Waals surface area contributed by atoms with Crippen LogP contribution in [-0.2, 0) is 13.1 Å². The van der Waals surface area contributed by atoms with Gasteiger partial charge in [0.2, 0.25) is 0 Å². The number of H-pyrrole nitrogens is 1. The van der Waals surface area contributed by atoms with E-state index >= 15 is 0 Å². The molecule has 1 amide bonds. The molecular formula is C16H18N4OS. The molecule has 0 unspecified atom stereocenters. The molecule has 0 saturated heterocycles. The van der Waals surface area contributed by atoms with Gasteiger partial charge in [-0.05, 0) is 37.1 Å². The zero-order chi connectivity index (χ0) is 15.7. The highest BCUT2D eigenvalue weighted by Crippen LogP contribution is 2.22. The Labute approximate surface area is 132 Å². The molecule has 5 nitrogen and oxygen atoms in total. The number of thiazole rings is 1. The molecule has 3 aromatic rings. The predicted molar refractivity (Wildman–Crippen MR) is 88.9 cm³/mol. The van der Waals surface area contributed by atoms with Crippen LogP contribution < -0.4 is 11.1 Å². The van der Waals surface area contributed by atoms with Gasteiger partial charge in [0, 0.05) is 35.1 Å². The summed E-state index contributed by atoms with van der Waals surface area (Å²) in [5, 5.41) is 6.60. The molecule has 4 N–H and O–H groups in total. The number of carbonyl (C=O) groups is 1. The van der Waals surface area contributed by atoms with Crippen LogP contribution in [0.15, 0.2) is 23.6 Å². The van der Waals surface area contributed by atoms with Crippen molar-refractivity contribution in [3.8, 4) is 0 Å². The van der Waals surface area contributed by atoms with Crippen molar-refractivity contribution in [2.24, 2.45) is 5.73 Å². The average Bonchev–Trinajstić information content (AvgIpc) is 3.11. The van der Waals surface area contributed by atoms with E-state index in [1.807, 2.05) is 12.1 Å². The number of fused-ring (bicyclic) bond motifs is 1. The Bertz CT molecular complexity index is 834. The molecule has 6 heteroatoms. The van der Waals surface area contributed by atoms with Gasteiger partial charge >= 0.3 is 0 Å². The van der Waals surface area contributed by atoms with Crippen LogP contribution in [0.2, 0.25) is 0 Å². The minimum atomic E-state index is -0.169. The summed E-state index contributed by atoms with van der Waals surface area (Å²) in [5.41, 5.74) is 10.6. The van der Waals surface area contributed by atoms with E-state index in [4.69, 9.17) is 5.73 Å². The van der Waals surface area contributed by atoms with Crippen LogP contribution >= 0.6 is 11.3 Å². The van der Waals surface area contributed by atoms with Gasteiger partial charge in [0.15, 0.2) is 0 Å². The maximum atomic E-state index is 12.1. The lowest BCUT2D eigenvalue weighted by atomic mass is 10.1. The van der Waals surface area contributed by atoms with Crippen molar-refractivity contribution < 1.29 is 4.79 Å². The number of nitrogens with one attached hydrogen (secondary N) is 2. The fraction of sp³-hybridized carbons (Fsp3) is 0.250. The number of hydrogen-bond donors (Lipinski definition) is 3. The molecule has 0 bridgehead atoms. The van der Waals surface area contributed by atoms with Crippen molar-refractivity contribution in [1.29, 1.82) is 0 Å². The second kappa shape index (κ2) is 5.90. The fourth-order valence-electron chi connectivity index (χ4n) is 2.40. The average molecular weight is 314 g/mol. The van der Waals surface area contributed by atoms with Crippen LogP contribution in [0.4, 0.5) is 0 Å². The summed E-state index contributed by atoms with van der Waals surface area (Å²) in [4.78, 5) is 19.6. The van der Waals surface area contributed by atoms with E-state index in [-0.39, 0.29) is 5.91 Å². The number of rotatable bonds is 4. The molecule has 3 rings (SSSR count). The summed E-state index contributed by atoms with van der Waals surface area (Å²) in [7, 11) is 0. The van der Waals surface area contributed by atoms with Gasteiger partial charge in [0.25, 0.3) is 5.91 Å². The van der Waals surface area contributed by atoms with Crippen LogP contribution in [-0.4, -0.2) is 15.9 Å². The van der Waals surface area contributed by atoms with Gasteiger partial charge < -0.3 is 16.0 Å². The Morgan fingerprint density at radius 3 is 2.95 bits per heavy atom. The molecule has 114 valence electrons. The van der Waals surface area contributed by atoms with Crippen LogP contribution in [0.3, 0.4) is 0 Å². The molecule has 0 spiro atoms. The largest absolute Gasteiger partial charge is 0.358 e. The summed E-state index contributed by atoms with van der Waals surface area (Å²) in [5.74, 6) is -0.169. The monoisotopic (exact) mass is 314 g/mol. The van der Waals surface area contributed by atoms with E-state index < -0.39 is 0 Å². The number of nitrogens with zero attached hydrogens (tertiary/aromatic N) is 1. The maximum absolute atomic E-state index is 12.1. The van der Waals surface area contributed by atoms with E-state index in [1.165, 1.54) is 28.0 Å². The highest BCUT2D eigenvalue weighted by atomic mass is 32.1. The second-order valence-electron chi connectivity index (χ2n) is 5.27. The topological polar surface area (TPSA) is 83.8 Å². The zero-order valence-electron chi connectivity index (χ0n) is 12.6. The molecule has 0 saturated carbocycles. The molecular weight excluding hydrogens is 296 g/mol. The summed E-state index contributed by atoms with van der Waals surface area (Å²) in [6.45, 7) is 5.00. The highest BCUT2D eigenvalue weighted by molar-refractivity contribution is 7.09. The SMILES string of the molecule is Cc1[nH]c2ccc(CNC(=O)c3csc(CN)n3)cc2c1C. The molecule has 1 aromatic carbocycles. The van der Waals surface area contributed by atoms with Crippen LogP contribution in [0.1, 0.15) is 32.3 Å². The number of amides is 1. The Kier molecular flexibility index (Phi) is 3.96. The van der Waals surface area contributed by atoms with Gasteiger partial charge in [-0.3, -0.25) is 4.79 Å². The van der Waals surface area contributed by atoms with Crippen molar-refractivity contribution in [2.45, 2.75) is 26.9 Å². The molecule has 2 heterocycles.